The molecule has 21 heavy (non-hydrogen) atoms. The number of benzene rings is 2. The summed E-state index contributed by atoms with van der Waals surface area (Å²) in [6.07, 6.45) is 3.69. The Morgan fingerprint density at radius 2 is 1.19 bits per heavy atom. The Morgan fingerprint density at radius 3 is 1.81 bits per heavy atom. The average Bonchev–Trinajstić information content (AvgIpc) is 2.51. The van der Waals surface area contributed by atoms with Crippen molar-refractivity contribution >= 4 is 0 Å². The van der Waals surface area contributed by atoms with Gasteiger partial charge in [0.1, 0.15) is 0 Å². The minimum Gasteiger partial charge on any atom is -0.236 e. The molecule has 3 rings (SSSR count). The number of hydrogen-bond donors (Lipinski definition) is 0. The first kappa shape index (κ1) is 13.5. The van der Waals surface area contributed by atoms with E-state index < -0.39 is 0 Å². The Morgan fingerprint density at radius 1 is 0.619 bits per heavy atom. The zero-order valence-corrected chi connectivity index (χ0v) is 12.6. The Bertz CT molecular complexity index is 757. The minimum absolute atomic E-state index is 0.771. The van der Waals surface area contributed by atoms with Crippen molar-refractivity contribution in [1.82, 2.24) is 9.97 Å². The van der Waals surface area contributed by atoms with Gasteiger partial charge in [-0.05, 0) is 48.6 Å². The van der Waals surface area contributed by atoms with Crippen molar-refractivity contribution in [3.05, 3.63) is 71.5 Å². The molecular weight excluding hydrogens is 256 g/mol. The van der Waals surface area contributed by atoms with Gasteiger partial charge in [0, 0.05) is 18.0 Å². The summed E-state index contributed by atoms with van der Waals surface area (Å²) in [5.74, 6) is 0.771. The first-order valence-electron chi connectivity index (χ1n) is 7.10. The van der Waals surface area contributed by atoms with Gasteiger partial charge in [-0.1, -0.05) is 42.5 Å². The summed E-state index contributed by atoms with van der Waals surface area (Å²) in [6.45, 7) is 6.27. The third-order valence-electron chi connectivity index (χ3n) is 3.76. The summed E-state index contributed by atoms with van der Waals surface area (Å²) in [4.78, 5) is 8.73. The number of hydrogen-bond acceptors (Lipinski definition) is 2. The van der Waals surface area contributed by atoms with Crippen LogP contribution in [0.5, 0.6) is 0 Å². The van der Waals surface area contributed by atoms with E-state index in [1.807, 2.05) is 19.3 Å². The maximum atomic E-state index is 4.37. The molecule has 0 aliphatic carbocycles. The van der Waals surface area contributed by atoms with Crippen molar-refractivity contribution in [2.75, 3.05) is 0 Å². The van der Waals surface area contributed by atoms with Gasteiger partial charge >= 0.3 is 0 Å². The summed E-state index contributed by atoms with van der Waals surface area (Å²) in [6, 6.07) is 15.0. The van der Waals surface area contributed by atoms with E-state index in [2.05, 4.69) is 66.3 Å². The Kier molecular flexibility index (Phi) is 3.53. The third kappa shape index (κ3) is 2.84. The van der Waals surface area contributed by atoms with Crippen LogP contribution in [0.25, 0.3) is 22.5 Å². The third-order valence-corrected chi connectivity index (χ3v) is 3.76. The second-order valence-corrected chi connectivity index (χ2v) is 5.46. The average molecular weight is 274 g/mol. The summed E-state index contributed by atoms with van der Waals surface area (Å²) in [5.41, 5.74) is 7.22. The van der Waals surface area contributed by atoms with E-state index in [1.54, 1.807) is 0 Å². The molecule has 2 nitrogen and oxygen atoms in total. The van der Waals surface area contributed by atoms with Crippen LogP contribution >= 0.6 is 0 Å². The number of aryl methyl sites for hydroxylation is 3. The van der Waals surface area contributed by atoms with Gasteiger partial charge in [-0.25, -0.2) is 9.97 Å². The van der Waals surface area contributed by atoms with E-state index in [1.165, 1.54) is 22.3 Å². The molecule has 1 aromatic heterocycles. The van der Waals surface area contributed by atoms with Crippen LogP contribution in [0, 0.1) is 20.8 Å². The second-order valence-electron chi connectivity index (χ2n) is 5.46. The molecule has 0 radical (unpaired) electrons. The normalized spacial score (nSPS) is 10.6. The summed E-state index contributed by atoms with van der Waals surface area (Å²) in [7, 11) is 0. The van der Waals surface area contributed by atoms with Crippen LogP contribution in [-0.4, -0.2) is 9.97 Å². The van der Waals surface area contributed by atoms with E-state index in [0.29, 0.717) is 0 Å². The topological polar surface area (TPSA) is 25.8 Å². The van der Waals surface area contributed by atoms with E-state index in [-0.39, 0.29) is 0 Å². The minimum atomic E-state index is 0.771. The lowest BCUT2D eigenvalue weighted by Gasteiger charge is -2.07. The monoisotopic (exact) mass is 274 g/mol. The van der Waals surface area contributed by atoms with Crippen molar-refractivity contribution in [3.63, 3.8) is 0 Å². The molecule has 0 fully saturated rings. The van der Waals surface area contributed by atoms with Gasteiger partial charge in [0.05, 0.1) is 0 Å². The largest absolute Gasteiger partial charge is 0.236 e. The highest BCUT2D eigenvalue weighted by molar-refractivity contribution is 5.68. The van der Waals surface area contributed by atoms with Gasteiger partial charge in [0.2, 0.25) is 0 Å². The van der Waals surface area contributed by atoms with E-state index in [4.69, 9.17) is 0 Å². The summed E-state index contributed by atoms with van der Waals surface area (Å²) in [5, 5.41) is 0. The van der Waals surface area contributed by atoms with E-state index in [9.17, 15) is 0 Å². The first-order valence-corrected chi connectivity index (χ1v) is 7.10. The molecule has 3 aromatic rings. The van der Waals surface area contributed by atoms with Crippen molar-refractivity contribution in [2.24, 2.45) is 0 Å². The smallest absolute Gasteiger partial charge is 0.159 e. The molecule has 0 saturated heterocycles. The number of nitrogens with zero attached hydrogens (tertiary/aromatic N) is 2. The number of rotatable bonds is 2. The molecular formula is C19H18N2. The van der Waals surface area contributed by atoms with Crippen molar-refractivity contribution in [1.29, 1.82) is 0 Å². The van der Waals surface area contributed by atoms with Crippen molar-refractivity contribution in [2.45, 2.75) is 20.8 Å². The van der Waals surface area contributed by atoms with Crippen LogP contribution in [-0.2, 0) is 0 Å². The van der Waals surface area contributed by atoms with Gasteiger partial charge in [0.15, 0.2) is 5.82 Å². The molecule has 0 aliphatic rings. The molecule has 2 aromatic carbocycles. The van der Waals surface area contributed by atoms with Crippen LogP contribution in [0.15, 0.2) is 54.9 Å². The molecule has 0 unspecified atom stereocenters. The molecule has 2 heteroatoms. The first-order chi connectivity index (χ1) is 10.1. The summed E-state index contributed by atoms with van der Waals surface area (Å²) >= 11 is 0. The highest BCUT2D eigenvalue weighted by Gasteiger charge is 2.03. The fraction of sp³-hybridized carbons (Fsp3) is 0.158. The Hall–Kier alpha value is -2.48. The van der Waals surface area contributed by atoms with Gasteiger partial charge in [-0.2, -0.15) is 0 Å². The van der Waals surface area contributed by atoms with Crippen LogP contribution in [0.4, 0.5) is 0 Å². The van der Waals surface area contributed by atoms with Crippen LogP contribution < -0.4 is 0 Å². The fourth-order valence-corrected chi connectivity index (χ4v) is 2.27. The second kappa shape index (κ2) is 5.49. The predicted octanol–water partition coefficient (Wildman–Crippen LogP) is 4.74. The molecule has 0 bridgehead atoms. The molecule has 0 atom stereocenters. The van der Waals surface area contributed by atoms with Gasteiger partial charge < -0.3 is 0 Å². The number of aromatic nitrogens is 2. The van der Waals surface area contributed by atoms with Crippen LogP contribution in [0.3, 0.4) is 0 Å². The zero-order chi connectivity index (χ0) is 14.8. The predicted molar refractivity (Wildman–Crippen MR) is 87.1 cm³/mol. The van der Waals surface area contributed by atoms with Gasteiger partial charge in [-0.3, -0.25) is 0 Å². The molecule has 1 heterocycles. The Labute approximate surface area is 125 Å². The van der Waals surface area contributed by atoms with Gasteiger partial charge in [0.25, 0.3) is 0 Å². The zero-order valence-electron chi connectivity index (χ0n) is 12.6. The SMILES string of the molecule is Cc1cnc(-c2ccc(-c3ccc(C)c(C)c3)cc2)nc1. The van der Waals surface area contributed by atoms with Crippen LogP contribution in [0.1, 0.15) is 16.7 Å². The molecule has 0 amide bonds. The maximum Gasteiger partial charge on any atom is 0.159 e. The van der Waals surface area contributed by atoms with E-state index in [0.717, 1.165) is 17.0 Å². The fourth-order valence-electron chi connectivity index (χ4n) is 2.27. The highest BCUT2D eigenvalue weighted by Crippen LogP contribution is 2.24. The molecule has 0 N–H and O–H groups in total. The van der Waals surface area contributed by atoms with Crippen molar-refractivity contribution < 1.29 is 0 Å². The maximum absolute atomic E-state index is 4.37. The molecule has 0 aliphatic heterocycles. The highest BCUT2D eigenvalue weighted by atomic mass is 14.9. The van der Waals surface area contributed by atoms with E-state index >= 15 is 0 Å². The lowest BCUT2D eigenvalue weighted by atomic mass is 9.99. The Balaban J connectivity index is 1.93. The van der Waals surface area contributed by atoms with Crippen molar-refractivity contribution in [3.8, 4) is 22.5 Å². The van der Waals surface area contributed by atoms with Gasteiger partial charge in [-0.15, -0.1) is 0 Å². The standard InChI is InChI=1S/C19H18N2/c1-13-11-20-19(21-12-13)17-8-6-16(7-9-17)18-5-4-14(2)15(3)10-18/h4-12H,1-3H3. The lowest BCUT2D eigenvalue weighted by Crippen LogP contribution is -1.89. The molecule has 0 saturated carbocycles. The summed E-state index contributed by atoms with van der Waals surface area (Å²) < 4.78 is 0. The quantitative estimate of drug-likeness (QED) is 0.674. The van der Waals surface area contributed by atoms with Crippen LogP contribution in [0.2, 0.25) is 0 Å². The lowest BCUT2D eigenvalue weighted by molar-refractivity contribution is 1.14. The molecule has 104 valence electrons. The molecule has 0 spiro atoms.